The molecule has 0 spiro atoms. The maximum atomic E-state index is 5.87. The highest BCUT2D eigenvalue weighted by Gasteiger charge is 2.09. The van der Waals surface area contributed by atoms with Gasteiger partial charge in [0.25, 0.3) is 0 Å². The second-order valence-electron chi connectivity index (χ2n) is 2.87. The number of nitrogens with zero attached hydrogens (tertiary/aromatic N) is 2. The number of hydrogen-bond acceptors (Lipinski definition) is 2. The third-order valence-electron chi connectivity index (χ3n) is 1.97. The quantitative estimate of drug-likeness (QED) is 0.787. The van der Waals surface area contributed by atoms with Crippen LogP contribution in [0.15, 0.2) is 0 Å². The van der Waals surface area contributed by atoms with Crippen LogP contribution in [0.1, 0.15) is 25.5 Å². The maximum absolute atomic E-state index is 5.87. The van der Waals surface area contributed by atoms with Gasteiger partial charge in [-0.15, -0.1) is 0 Å². The number of unbranched alkanes of at least 4 members (excludes halogenated alkanes) is 1. The van der Waals surface area contributed by atoms with Crippen molar-refractivity contribution in [2.45, 2.75) is 26.2 Å². The molecule has 0 aliphatic rings. The highest BCUT2D eigenvalue weighted by Crippen LogP contribution is 2.19. The molecule has 0 unspecified atom stereocenters. The van der Waals surface area contributed by atoms with Crippen molar-refractivity contribution >= 4 is 17.5 Å². The Bertz CT molecular complexity index is 268. The second kappa shape index (κ2) is 3.81. The normalized spacial score (nSPS) is 10.6. The van der Waals surface area contributed by atoms with Crippen LogP contribution < -0.4 is 5.73 Å². The molecule has 1 aromatic rings. The van der Waals surface area contributed by atoms with Gasteiger partial charge in [-0.1, -0.05) is 24.9 Å². The second-order valence-corrected chi connectivity index (χ2v) is 3.23. The molecule has 1 aromatic heterocycles. The molecule has 0 aliphatic carbocycles. The summed E-state index contributed by atoms with van der Waals surface area (Å²) < 4.78 is 1.85. The van der Waals surface area contributed by atoms with Gasteiger partial charge in [0, 0.05) is 7.05 Å². The summed E-state index contributed by atoms with van der Waals surface area (Å²) in [5.74, 6) is 0.492. The van der Waals surface area contributed by atoms with Gasteiger partial charge in [0.1, 0.15) is 0 Å². The smallest absolute Gasteiger partial charge is 0.201 e. The fraction of sp³-hybridized carbons (Fsp3) is 0.625. The molecule has 0 aliphatic heterocycles. The topological polar surface area (TPSA) is 43.8 Å². The van der Waals surface area contributed by atoms with E-state index in [1.807, 2.05) is 11.6 Å². The minimum atomic E-state index is 0.492. The minimum Gasteiger partial charge on any atom is -0.369 e. The van der Waals surface area contributed by atoms with Crippen LogP contribution in [0.3, 0.4) is 0 Å². The van der Waals surface area contributed by atoms with Gasteiger partial charge in [0.05, 0.1) is 5.69 Å². The first-order valence-corrected chi connectivity index (χ1v) is 4.51. The van der Waals surface area contributed by atoms with Crippen LogP contribution in [-0.2, 0) is 13.5 Å². The lowest BCUT2D eigenvalue weighted by Crippen LogP contribution is -2.01. The van der Waals surface area contributed by atoms with Crippen LogP contribution in [-0.4, -0.2) is 9.55 Å². The Morgan fingerprint density at radius 2 is 2.25 bits per heavy atom. The Hall–Kier alpha value is -0.700. The number of halogens is 1. The van der Waals surface area contributed by atoms with Crippen molar-refractivity contribution in [2.75, 3.05) is 5.73 Å². The Balaban J connectivity index is 2.82. The lowest BCUT2D eigenvalue weighted by Gasteiger charge is -2.01. The van der Waals surface area contributed by atoms with Gasteiger partial charge >= 0.3 is 0 Å². The number of hydrogen-bond donors (Lipinski definition) is 1. The van der Waals surface area contributed by atoms with E-state index in [9.17, 15) is 0 Å². The van der Waals surface area contributed by atoms with E-state index < -0.39 is 0 Å². The third kappa shape index (κ3) is 1.72. The van der Waals surface area contributed by atoms with Crippen LogP contribution in [0.5, 0.6) is 0 Å². The number of aromatic nitrogens is 2. The van der Waals surface area contributed by atoms with E-state index in [1.165, 1.54) is 0 Å². The molecule has 4 heteroatoms. The van der Waals surface area contributed by atoms with Gasteiger partial charge in [0.2, 0.25) is 5.95 Å². The van der Waals surface area contributed by atoms with Crippen molar-refractivity contribution in [1.29, 1.82) is 0 Å². The van der Waals surface area contributed by atoms with E-state index >= 15 is 0 Å². The maximum Gasteiger partial charge on any atom is 0.201 e. The molecule has 3 nitrogen and oxygen atoms in total. The largest absolute Gasteiger partial charge is 0.369 e. The standard InChI is InChI=1S/C8H14ClN3/c1-3-4-5-6-7(9)11-8(10)12(6)2/h3-5H2,1-2H3,(H2,10,11). The molecule has 2 N–H and O–H groups in total. The zero-order valence-corrected chi connectivity index (χ0v) is 8.23. The molecule has 0 saturated heterocycles. The summed E-state index contributed by atoms with van der Waals surface area (Å²) >= 11 is 5.87. The number of rotatable bonds is 3. The zero-order valence-electron chi connectivity index (χ0n) is 7.47. The van der Waals surface area contributed by atoms with Crippen LogP contribution in [0.4, 0.5) is 5.95 Å². The Morgan fingerprint density at radius 1 is 1.58 bits per heavy atom. The fourth-order valence-electron chi connectivity index (χ4n) is 1.13. The van der Waals surface area contributed by atoms with E-state index in [-0.39, 0.29) is 0 Å². The average Bonchev–Trinajstić information content (AvgIpc) is 2.25. The summed E-state index contributed by atoms with van der Waals surface area (Å²) in [5, 5.41) is 0.545. The molecular formula is C8H14ClN3. The average molecular weight is 188 g/mol. The molecule has 12 heavy (non-hydrogen) atoms. The van der Waals surface area contributed by atoms with Gasteiger partial charge in [-0.2, -0.15) is 0 Å². The van der Waals surface area contributed by atoms with E-state index in [2.05, 4.69) is 11.9 Å². The monoisotopic (exact) mass is 187 g/mol. The summed E-state index contributed by atoms with van der Waals surface area (Å²) in [4.78, 5) is 3.97. The lowest BCUT2D eigenvalue weighted by molar-refractivity contribution is 0.737. The summed E-state index contributed by atoms with van der Waals surface area (Å²) in [6.45, 7) is 2.15. The van der Waals surface area contributed by atoms with Crippen LogP contribution in [0, 0.1) is 0 Å². The molecule has 0 bridgehead atoms. The van der Waals surface area contributed by atoms with E-state index in [0.29, 0.717) is 11.1 Å². The van der Waals surface area contributed by atoms with Crippen molar-refractivity contribution in [2.24, 2.45) is 7.05 Å². The summed E-state index contributed by atoms with van der Waals surface area (Å²) in [6.07, 6.45) is 3.23. The molecule has 1 rings (SSSR count). The number of anilines is 1. The van der Waals surface area contributed by atoms with Crippen molar-refractivity contribution in [1.82, 2.24) is 9.55 Å². The summed E-state index contributed by atoms with van der Waals surface area (Å²) in [6, 6.07) is 0. The highest BCUT2D eigenvalue weighted by molar-refractivity contribution is 6.30. The predicted molar refractivity (Wildman–Crippen MR) is 51.2 cm³/mol. The first-order chi connectivity index (χ1) is 5.66. The summed E-state index contributed by atoms with van der Waals surface area (Å²) in [5.41, 5.74) is 6.62. The van der Waals surface area contributed by atoms with Crippen LogP contribution in [0.25, 0.3) is 0 Å². The van der Waals surface area contributed by atoms with Crippen LogP contribution >= 0.6 is 11.6 Å². The van der Waals surface area contributed by atoms with Gasteiger partial charge in [0.15, 0.2) is 5.15 Å². The van der Waals surface area contributed by atoms with E-state index in [1.54, 1.807) is 0 Å². The first kappa shape index (κ1) is 9.39. The fourth-order valence-corrected chi connectivity index (χ4v) is 1.44. The number of nitrogen functional groups attached to an aromatic ring is 1. The molecule has 0 aromatic carbocycles. The number of imidazole rings is 1. The highest BCUT2D eigenvalue weighted by atomic mass is 35.5. The molecule has 0 saturated carbocycles. The lowest BCUT2D eigenvalue weighted by atomic mass is 10.2. The van der Waals surface area contributed by atoms with Crippen molar-refractivity contribution in [3.05, 3.63) is 10.8 Å². The third-order valence-corrected chi connectivity index (χ3v) is 2.27. The van der Waals surface area contributed by atoms with Crippen LogP contribution in [0.2, 0.25) is 5.15 Å². The SMILES string of the molecule is CCCCc1c(Cl)nc(N)n1C. The zero-order chi connectivity index (χ0) is 9.14. The molecule has 0 radical (unpaired) electrons. The van der Waals surface area contributed by atoms with E-state index in [4.69, 9.17) is 17.3 Å². The molecule has 0 atom stereocenters. The van der Waals surface area contributed by atoms with Crippen molar-refractivity contribution in [3.8, 4) is 0 Å². The molecule has 0 amide bonds. The van der Waals surface area contributed by atoms with Gasteiger partial charge < -0.3 is 10.3 Å². The molecule has 0 fully saturated rings. The van der Waals surface area contributed by atoms with Crippen molar-refractivity contribution < 1.29 is 0 Å². The summed E-state index contributed by atoms with van der Waals surface area (Å²) in [7, 11) is 1.89. The Labute approximate surface area is 77.5 Å². The predicted octanol–water partition coefficient (Wildman–Crippen LogP) is 2.00. The van der Waals surface area contributed by atoms with Crippen molar-refractivity contribution in [3.63, 3.8) is 0 Å². The first-order valence-electron chi connectivity index (χ1n) is 4.13. The van der Waals surface area contributed by atoms with Gasteiger partial charge in [-0.05, 0) is 12.8 Å². The Kier molecular flexibility index (Phi) is 2.98. The molecule has 1 heterocycles. The Morgan fingerprint density at radius 3 is 2.67 bits per heavy atom. The van der Waals surface area contributed by atoms with Gasteiger partial charge in [-0.25, -0.2) is 4.98 Å². The van der Waals surface area contributed by atoms with Gasteiger partial charge in [-0.3, -0.25) is 0 Å². The van der Waals surface area contributed by atoms with E-state index in [0.717, 1.165) is 25.0 Å². The number of nitrogens with two attached hydrogens (primary N) is 1. The molecular weight excluding hydrogens is 174 g/mol. The minimum absolute atomic E-state index is 0.492. The molecule has 68 valence electrons.